The predicted octanol–water partition coefficient (Wildman–Crippen LogP) is 25.0. The van der Waals surface area contributed by atoms with Crippen molar-refractivity contribution < 1.29 is 84.4 Å². The van der Waals surface area contributed by atoms with Crippen molar-refractivity contribution in [2.45, 2.75) is 265 Å². The van der Waals surface area contributed by atoms with Gasteiger partial charge in [0, 0.05) is 63.5 Å². The number of phenolic OH excluding ortho intramolecular Hbond substituents is 1. The third kappa shape index (κ3) is 28.1. The van der Waals surface area contributed by atoms with E-state index in [1.54, 1.807) is 18.2 Å². The average Bonchev–Trinajstić information content (AvgIpc) is 1.64. The summed E-state index contributed by atoms with van der Waals surface area (Å²) in [6.45, 7) is 56.6. The molecule has 7 aliphatic rings. The Balaban J connectivity index is 0.00000112. The maximum Gasteiger partial charge on any atom is 0 e. The van der Waals surface area contributed by atoms with Gasteiger partial charge >= 0.3 is 37.9 Å². The van der Waals surface area contributed by atoms with Gasteiger partial charge in [-0.15, -0.1) is 0 Å². The molecule has 0 bridgehead atoms. The average molecular weight is 1750 g/mol. The minimum atomic E-state index is -1.78. The zero-order valence-corrected chi connectivity index (χ0v) is 77.9. The summed E-state index contributed by atoms with van der Waals surface area (Å²) in [6, 6.07) is 17.3. The van der Waals surface area contributed by atoms with Crippen LogP contribution in [0, 0.1) is 69.6 Å². The number of ketones is 2. The van der Waals surface area contributed by atoms with Crippen LogP contribution in [0.5, 0.6) is 17.2 Å². The first kappa shape index (κ1) is 91.7. The molecule has 18 heteroatoms. The van der Waals surface area contributed by atoms with Gasteiger partial charge in [-0.1, -0.05) is 160 Å². The molecule has 0 aliphatic heterocycles. The summed E-state index contributed by atoms with van der Waals surface area (Å²) in [5.74, 6) is 8.04. The minimum absolute atomic E-state index is 0. The maximum atomic E-state index is 11.6. The van der Waals surface area contributed by atoms with Crippen LogP contribution in [0.15, 0.2) is 109 Å². The van der Waals surface area contributed by atoms with Crippen molar-refractivity contribution in [3.05, 3.63) is 157 Å². The van der Waals surface area contributed by atoms with Crippen LogP contribution in [0.4, 0.5) is 0 Å². The van der Waals surface area contributed by atoms with Gasteiger partial charge in [0.25, 0.3) is 0 Å². The number of Topliss-reactive ketones (excluding diaryl/α,β-unsaturated/α-hetero) is 2. The summed E-state index contributed by atoms with van der Waals surface area (Å²) in [4.78, 5) is 22.7. The molecule has 3 aromatic carbocycles. The Morgan fingerprint density at radius 1 is 0.484 bits per heavy atom. The van der Waals surface area contributed by atoms with Crippen molar-refractivity contribution in [1.82, 2.24) is 0 Å². The number of carbonyl (C=O) groups is 2. The van der Waals surface area contributed by atoms with Crippen LogP contribution in [-0.4, -0.2) is 67.0 Å². The van der Waals surface area contributed by atoms with Crippen molar-refractivity contribution in [1.29, 1.82) is 1.34 Å². The molecule has 0 amide bonds. The van der Waals surface area contributed by atoms with Gasteiger partial charge in [0.1, 0.15) is 17.2 Å². The molecule has 10 rings (SSSR count). The molecule has 1 N–H and O–H groups in total. The van der Waals surface area contributed by atoms with Gasteiger partial charge in [0.05, 0.1) is 11.5 Å². The minimum Gasteiger partial charge on any atom is 0 e. The van der Waals surface area contributed by atoms with Crippen LogP contribution in [-0.2, 0) is 49.0 Å². The molecular weight excluding hydrogens is 1620 g/mol. The maximum absolute atomic E-state index is 11.6. The van der Waals surface area contributed by atoms with E-state index in [1.807, 2.05) is 12.1 Å². The van der Waals surface area contributed by atoms with Gasteiger partial charge in [-0.05, 0) is 243 Å². The zero-order valence-electron chi connectivity index (χ0n) is 65.0. The first-order valence-corrected chi connectivity index (χ1v) is 55.5. The van der Waals surface area contributed by atoms with Crippen molar-refractivity contribution in [2.75, 3.05) is 0 Å². The second-order valence-corrected chi connectivity index (χ2v) is 63.5. The summed E-state index contributed by atoms with van der Waals surface area (Å²) in [5.41, 5.74) is 6.53. The number of aromatic hydroxyl groups is 1. The number of hydrogen-bond donors (Lipinski definition) is 1. The van der Waals surface area contributed by atoms with E-state index in [0.717, 1.165) is 88.2 Å². The second-order valence-electron chi connectivity index (χ2n) is 33.6. The fraction of sp³-hybridized carbons (Fsp3) is 0.584. The fourth-order valence-electron chi connectivity index (χ4n) is 10.1. The van der Waals surface area contributed by atoms with Crippen LogP contribution >= 0.6 is 28.1 Å². The van der Waals surface area contributed by atoms with Crippen LogP contribution in [0.2, 0.25) is 90.7 Å². The molecule has 95 heavy (non-hydrogen) atoms. The van der Waals surface area contributed by atoms with E-state index in [2.05, 4.69) is 251 Å². The zero-order chi connectivity index (χ0) is 71.1. The topological polar surface area (TPSA) is 91.3 Å². The number of aryl methyl sites for hydroxylation is 2. The van der Waals surface area contributed by atoms with E-state index in [4.69, 9.17) is 52.3 Å². The van der Waals surface area contributed by atoms with Gasteiger partial charge in [-0.25, -0.2) is 0 Å². The van der Waals surface area contributed by atoms with Crippen LogP contribution < -0.4 is 8.85 Å². The smallest absolute Gasteiger partial charge is 0 e. The molecule has 0 spiro atoms. The van der Waals surface area contributed by atoms with E-state index < -0.39 is 61.5 Å². The molecule has 0 heterocycles. The Labute approximate surface area is 637 Å². The summed E-state index contributed by atoms with van der Waals surface area (Å²) in [7, 11) is 5.44. The number of allylic oxidation sites excluding steroid dienone is 7. The van der Waals surface area contributed by atoms with Gasteiger partial charge < -0.3 is 37.7 Å². The summed E-state index contributed by atoms with van der Waals surface area (Å²) < 4.78 is 30.5. The van der Waals surface area contributed by atoms with Gasteiger partial charge in [0.15, 0.2) is 19.0 Å². The summed E-state index contributed by atoms with van der Waals surface area (Å²) >= 11 is 5.32. The number of benzene rings is 3. The monoisotopic (exact) mass is 1750 g/mol. The van der Waals surface area contributed by atoms with Gasteiger partial charge in [-0.3, -0.25) is 9.59 Å². The first-order valence-electron chi connectivity index (χ1n) is 34.1. The van der Waals surface area contributed by atoms with E-state index >= 15 is 0 Å². The van der Waals surface area contributed by atoms with Gasteiger partial charge in [-0.2, -0.15) is 11.1 Å². The van der Waals surface area contributed by atoms with Crippen molar-refractivity contribution in [3.8, 4) is 17.2 Å². The fourth-order valence-corrected chi connectivity index (χ4v) is 14.2. The summed E-state index contributed by atoms with van der Waals surface area (Å²) in [6.07, 6.45) is 30.5. The normalized spacial score (nSPS) is 19.1. The predicted molar refractivity (Wildman–Crippen MR) is 422 cm³/mol. The first-order chi connectivity index (χ1) is 42.5. The van der Waals surface area contributed by atoms with E-state index in [0.29, 0.717) is 17.9 Å². The molecule has 2 fully saturated rings. The molecule has 3 aromatic rings. The number of rotatable bonds is 8. The molecule has 2 radical (unpaired) electrons. The standard InChI is InChI=1S/C15H22O2Si.2C15H26OSi.C15H22OSi.C9H8O2.C6H15ClSi.2CH3.BH.2ClH.U.Zr/c1-15(2,3)18(4,5)17-12-7-8-13-11(10-12)6-9-14(13)16;3*1-15(2,3)17(4,5)16-14-10-9-12-7-6-8-13(12)11-14;10-7-2-3-8-6(5-7)1-4-9(8)11;1-6(2,3)8(4,5)7;;;;;;;/h7-8,10H,6,9H2,1-5H3;2*9-13H,6-8H2,1-5H3;6-7,9-11H,8H2,1-5H3;2-3,5,10H,1,4H2;1-5H3;2*1H3;3*1H;;/q;;;;;;2*-1;;;;;+4/p-2/i;;;;;;;;1D;;;;. The molecular formula is C77H126BCl3O7Si5UZr. The molecule has 4 unspecified atom stereocenters. The number of fused-ring (bicyclic) bond motifs is 5. The molecule has 0 saturated heterocycles. The molecule has 7 aliphatic carbocycles. The summed E-state index contributed by atoms with van der Waals surface area (Å²) in [5, 5.41) is 10.4. The Bertz CT molecular complexity index is 3030. The third-order valence-corrected chi connectivity index (χ3v) is 44.0. The van der Waals surface area contributed by atoms with Crippen molar-refractivity contribution >= 4 is 94.8 Å². The van der Waals surface area contributed by atoms with Crippen LogP contribution in [0.3, 0.4) is 0 Å². The van der Waals surface area contributed by atoms with E-state index in [-0.39, 0.29) is 83.4 Å². The molecule has 7 nitrogen and oxygen atoms in total. The largest absolute Gasteiger partial charge is 0 e. The van der Waals surface area contributed by atoms with Gasteiger partial charge in [0.2, 0.25) is 33.3 Å². The Kier molecular flexibility index (Phi) is 36.9. The molecule has 4 atom stereocenters. The third-order valence-electron chi connectivity index (χ3n) is 21.3. The Hall–Kier alpha value is -1.35. The Morgan fingerprint density at radius 3 is 1.18 bits per heavy atom. The second kappa shape index (κ2) is 38.2. The molecule has 528 valence electrons. The molecule has 0 aromatic heterocycles. The van der Waals surface area contributed by atoms with E-state index in [9.17, 15) is 9.59 Å². The molecule has 2 saturated carbocycles. The van der Waals surface area contributed by atoms with Crippen LogP contribution in [0.1, 0.15) is 198 Å². The number of hydrogen-bond acceptors (Lipinski definition) is 7. The Morgan fingerprint density at radius 2 is 0.811 bits per heavy atom. The number of halogens is 3. The van der Waals surface area contributed by atoms with Crippen molar-refractivity contribution in [3.63, 3.8) is 0 Å². The van der Waals surface area contributed by atoms with Crippen LogP contribution in [0.25, 0.3) is 6.08 Å². The quantitative estimate of drug-likeness (QED) is 0.136. The van der Waals surface area contributed by atoms with E-state index in [1.165, 1.54) is 49.7 Å². The number of carbonyl (C=O) groups excluding carboxylic acids is 2. The van der Waals surface area contributed by atoms with Crippen molar-refractivity contribution in [2.24, 2.45) is 23.7 Å². The number of phenols is 1. The SMILES string of the molecule is CC(C)(C)[Si](C)(C)Cl.CC(C)(C)[Si](C)(C)OC1=CC2CCCC2C=C1.CC(C)(C)[Si](C)(C)OC1=CC2CCCC2C=C1.CC(C)(C)[Si](C)(C)Oc1ccc2c(c1)CC=C2.CC(C)(C)[Si](C)(C)Oc1ccc2c(c1)CCC2=O.O=C1CCc2cc(O)ccc21.[2H][B].[CH3-].[CH3-].[Cl][Zr+2][Cl].[U].